The van der Waals surface area contributed by atoms with E-state index in [0.717, 1.165) is 27.8 Å². The molecule has 1 aromatic carbocycles. The third-order valence-electron chi connectivity index (χ3n) is 3.70. The number of hydrogen-bond donors (Lipinski definition) is 3. The van der Waals surface area contributed by atoms with Crippen LogP contribution in [0.5, 0.6) is 0 Å². The molecule has 0 amide bonds. The van der Waals surface area contributed by atoms with Crippen molar-refractivity contribution in [3.8, 4) is 11.3 Å². The van der Waals surface area contributed by atoms with E-state index in [1.165, 1.54) is 6.08 Å². The van der Waals surface area contributed by atoms with Crippen LogP contribution in [0.2, 0.25) is 0 Å². The van der Waals surface area contributed by atoms with Gasteiger partial charge in [-0.25, -0.2) is 9.59 Å². The minimum atomic E-state index is -1.26. The Morgan fingerprint density at radius 3 is 2.61 bits per heavy atom. The Morgan fingerprint density at radius 1 is 1.21 bits per heavy atom. The molecule has 0 aliphatic rings. The molecule has 0 fully saturated rings. The maximum atomic E-state index is 10.2. The number of nitrogens with zero attached hydrogens (tertiary/aromatic N) is 2. The van der Waals surface area contributed by atoms with Crippen LogP contribution < -0.4 is 5.73 Å². The van der Waals surface area contributed by atoms with Gasteiger partial charge in [0, 0.05) is 42.2 Å². The number of aromatic nitrogens is 2. The molecule has 28 heavy (non-hydrogen) atoms. The van der Waals surface area contributed by atoms with Crippen LogP contribution in [0.3, 0.4) is 0 Å². The van der Waals surface area contributed by atoms with Crippen molar-refractivity contribution in [2.75, 3.05) is 0 Å². The van der Waals surface area contributed by atoms with E-state index in [0.29, 0.717) is 12.6 Å². The average Bonchev–Trinajstić information content (AvgIpc) is 3.11. The van der Waals surface area contributed by atoms with Gasteiger partial charge in [-0.15, -0.1) is 6.58 Å². The fourth-order valence-corrected chi connectivity index (χ4v) is 2.42. The summed E-state index contributed by atoms with van der Waals surface area (Å²) in [5.41, 5.74) is 9.14. The molecule has 144 valence electrons. The number of allylic oxidation sites excluding steroid dienone is 1. The first-order chi connectivity index (χ1) is 13.5. The molecular weight excluding hydrogens is 362 g/mol. The van der Waals surface area contributed by atoms with Gasteiger partial charge in [-0.05, 0) is 12.0 Å². The van der Waals surface area contributed by atoms with Crippen LogP contribution in [0.25, 0.3) is 22.2 Å². The number of carboxylic acid groups (broad SMARTS) is 2. The van der Waals surface area contributed by atoms with E-state index < -0.39 is 11.9 Å². The number of hydrogen-bond acceptors (Lipinski definition) is 6. The summed E-state index contributed by atoms with van der Waals surface area (Å²) >= 11 is 0. The molecule has 0 atom stereocenters. The van der Waals surface area contributed by atoms with Crippen LogP contribution in [0, 0.1) is 0 Å². The summed E-state index contributed by atoms with van der Waals surface area (Å²) in [6.07, 6.45) is 5.50. The highest BCUT2D eigenvalue weighted by atomic mass is 16.5. The van der Waals surface area contributed by atoms with Gasteiger partial charge in [-0.3, -0.25) is 4.98 Å². The highest BCUT2D eigenvalue weighted by Crippen LogP contribution is 2.29. The number of carboxylic acids is 2. The lowest BCUT2D eigenvalue weighted by atomic mass is 10.0. The maximum Gasteiger partial charge on any atom is 0.332 e. The highest BCUT2D eigenvalue weighted by Gasteiger charge is 2.12. The van der Waals surface area contributed by atoms with E-state index >= 15 is 0 Å². The van der Waals surface area contributed by atoms with Gasteiger partial charge in [0.1, 0.15) is 5.69 Å². The van der Waals surface area contributed by atoms with Crippen LogP contribution >= 0.6 is 0 Å². The van der Waals surface area contributed by atoms with Crippen molar-refractivity contribution in [1.29, 1.82) is 0 Å². The quantitative estimate of drug-likeness (QED) is 0.437. The normalized spacial score (nSPS) is 10.8. The number of aliphatic carboxylic acids is 2. The number of rotatable bonds is 6. The van der Waals surface area contributed by atoms with Gasteiger partial charge in [0.25, 0.3) is 0 Å². The lowest BCUT2D eigenvalue weighted by Gasteiger charge is -2.03. The molecule has 8 nitrogen and oxygen atoms in total. The largest absolute Gasteiger partial charge is 0.478 e. The van der Waals surface area contributed by atoms with E-state index in [4.69, 9.17) is 20.5 Å². The molecule has 2 aromatic heterocycles. The standard InChI is InChI=1S/C13H11N3O.C7H8O4/c14-7-9-3-1-2-4-10(9)13-11-8-15-6-5-12(11)17-16-13;1-2-3-5(7(10)11)4-6(8)9/h1-6,8H,7,14H2;2,4H,1,3H2,(H,8,9)(H,10,11)/b;5-4-. The molecule has 0 unspecified atom stereocenters. The predicted molar refractivity (Wildman–Crippen MR) is 103 cm³/mol. The molecule has 3 rings (SSSR count). The summed E-state index contributed by atoms with van der Waals surface area (Å²) < 4.78 is 5.27. The third kappa shape index (κ3) is 5.12. The smallest absolute Gasteiger partial charge is 0.332 e. The molecule has 0 aliphatic carbocycles. The molecule has 0 aliphatic heterocycles. The topological polar surface area (TPSA) is 140 Å². The lowest BCUT2D eigenvalue weighted by Crippen LogP contribution is -2.02. The van der Waals surface area contributed by atoms with Gasteiger partial charge < -0.3 is 20.5 Å². The van der Waals surface area contributed by atoms with Crippen molar-refractivity contribution in [3.63, 3.8) is 0 Å². The Kier molecular flexibility index (Phi) is 7.18. The van der Waals surface area contributed by atoms with E-state index in [1.54, 1.807) is 18.5 Å². The minimum Gasteiger partial charge on any atom is -0.478 e. The van der Waals surface area contributed by atoms with E-state index in [-0.39, 0.29) is 12.0 Å². The molecule has 2 heterocycles. The van der Waals surface area contributed by atoms with Gasteiger partial charge in [-0.2, -0.15) is 0 Å². The number of pyridine rings is 1. The summed E-state index contributed by atoms with van der Waals surface area (Å²) in [6.45, 7) is 3.77. The zero-order chi connectivity index (χ0) is 20.5. The Balaban J connectivity index is 0.000000224. The Labute approximate surface area is 160 Å². The molecule has 0 spiro atoms. The van der Waals surface area contributed by atoms with Gasteiger partial charge in [0.2, 0.25) is 0 Å². The monoisotopic (exact) mass is 381 g/mol. The molecule has 0 bridgehead atoms. The third-order valence-corrected chi connectivity index (χ3v) is 3.70. The summed E-state index contributed by atoms with van der Waals surface area (Å²) in [5.74, 6) is -2.49. The molecule has 3 aromatic rings. The van der Waals surface area contributed by atoms with E-state index in [2.05, 4.69) is 16.7 Å². The van der Waals surface area contributed by atoms with Gasteiger partial charge in [0.15, 0.2) is 5.58 Å². The fourth-order valence-electron chi connectivity index (χ4n) is 2.42. The van der Waals surface area contributed by atoms with Crippen molar-refractivity contribution < 1.29 is 24.3 Å². The summed E-state index contributed by atoms with van der Waals surface area (Å²) in [5, 5.41) is 21.6. The molecule has 0 radical (unpaired) electrons. The van der Waals surface area contributed by atoms with Crippen LogP contribution in [0.4, 0.5) is 0 Å². The van der Waals surface area contributed by atoms with E-state index in [1.807, 2.05) is 24.3 Å². The van der Waals surface area contributed by atoms with Gasteiger partial charge >= 0.3 is 11.9 Å². The molecule has 8 heteroatoms. The zero-order valence-corrected chi connectivity index (χ0v) is 14.9. The summed E-state index contributed by atoms with van der Waals surface area (Å²) in [7, 11) is 0. The van der Waals surface area contributed by atoms with Gasteiger partial charge in [0.05, 0.1) is 5.39 Å². The Hall–Kier alpha value is -3.78. The van der Waals surface area contributed by atoms with Crippen molar-refractivity contribution in [2.24, 2.45) is 5.73 Å². The first-order valence-electron chi connectivity index (χ1n) is 8.23. The number of fused-ring (bicyclic) bond motifs is 1. The average molecular weight is 381 g/mol. The lowest BCUT2D eigenvalue weighted by molar-refractivity contribution is -0.135. The SMILES string of the molecule is C=CC/C(=C/C(=O)O)C(=O)O.NCc1ccccc1-c1noc2ccncc12. The van der Waals surface area contributed by atoms with Gasteiger partial charge in [-0.1, -0.05) is 35.5 Å². The first-order valence-corrected chi connectivity index (χ1v) is 8.23. The van der Waals surface area contributed by atoms with E-state index in [9.17, 15) is 9.59 Å². The fraction of sp³-hybridized carbons (Fsp3) is 0.100. The Morgan fingerprint density at radius 2 is 1.96 bits per heavy atom. The summed E-state index contributed by atoms with van der Waals surface area (Å²) in [6, 6.07) is 9.72. The van der Waals surface area contributed by atoms with Crippen molar-refractivity contribution in [1.82, 2.24) is 10.1 Å². The molecule has 0 saturated heterocycles. The predicted octanol–water partition coefficient (Wildman–Crippen LogP) is 3.01. The van der Waals surface area contributed by atoms with Crippen LogP contribution in [0.1, 0.15) is 12.0 Å². The number of benzene rings is 1. The van der Waals surface area contributed by atoms with Crippen molar-refractivity contribution >= 4 is 22.9 Å². The maximum absolute atomic E-state index is 10.2. The van der Waals surface area contributed by atoms with Crippen molar-refractivity contribution in [2.45, 2.75) is 13.0 Å². The second kappa shape index (κ2) is 9.79. The molecule has 4 N–H and O–H groups in total. The zero-order valence-electron chi connectivity index (χ0n) is 14.9. The van der Waals surface area contributed by atoms with Crippen LogP contribution in [-0.2, 0) is 16.1 Å². The highest BCUT2D eigenvalue weighted by molar-refractivity contribution is 5.94. The van der Waals surface area contributed by atoms with Crippen molar-refractivity contribution in [3.05, 3.63) is 72.6 Å². The number of nitrogens with two attached hydrogens (primary N) is 1. The Bertz CT molecular complexity index is 1020. The second-order valence-corrected chi connectivity index (χ2v) is 5.57. The van der Waals surface area contributed by atoms with Crippen LogP contribution in [0.15, 0.2) is 71.6 Å². The molecular formula is C20H19N3O5. The summed E-state index contributed by atoms with van der Waals surface area (Å²) in [4.78, 5) is 24.4. The molecule has 0 saturated carbocycles. The minimum absolute atomic E-state index is 0.0572. The first kappa shape index (κ1) is 20.5. The second-order valence-electron chi connectivity index (χ2n) is 5.57. The number of carbonyl (C=O) groups is 2. The van der Waals surface area contributed by atoms with Crippen LogP contribution in [-0.4, -0.2) is 32.3 Å².